The topological polar surface area (TPSA) is 68.4 Å². The number of rotatable bonds is 8. The van der Waals surface area contributed by atoms with Gasteiger partial charge in [0.25, 0.3) is 11.5 Å². The summed E-state index contributed by atoms with van der Waals surface area (Å²) in [6.07, 6.45) is 3.92. The molecule has 2 heterocycles. The molecule has 3 rings (SSSR count). The fraction of sp³-hybridized carbons (Fsp3) is 0.538. The standard InChI is InChI=1S/C26H37ClN4O2/c1-6-8-19-13-17(3)29-26(33)23(19)16-28-25(32)22-14-20(27)15-24(18(22)4)31(7-2)21-9-11-30(5)12-10-21/h13-15,21H,6-12,16H2,1-5H3,(H,28,32)(H,29,33). The van der Waals surface area contributed by atoms with E-state index >= 15 is 0 Å². The number of hydrogen-bond donors (Lipinski definition) is 2. The molecule has 33 heavy (non-hydrogen) atoms. The average molecular weight is 473 g/mol. The van der Waals surface area contributed by atoms with Gasteiger partial charge in [0.05, 0.1) is 0 Å². The van der Waals surface area contributed by atoms with Gasteiger partial charge in [0, 0.05) is 46.7 Å². The van der Waals surface area contributed by atoms with Crippen LogP contribution in [0.4, 0.5) is 5.69 Å². The summed E-state index contributed by atoms with van der Waals surface area (Å²) in [5, 5.41) is 3.52. The summed E-state index contributed by atoms with van der Waals surface area (Å²) in [7, 11) is 2.16. The summed E-state index contributed by atoms with van der Waals surface area (Å²) < 4.78 is 0. The molecule has 1 aliphatic rings. The molecule has 1 fully saturated rings. The fourth-order valence-corrected chi connectivity index (χ4v) is 5.08. The third-order valence-electron chi connectivity index (χ3n) is 6.68. The smallest absolute Gasteiger partial charge is 0.253 e. The first-order valence-electron chi connectivity index (χ1n) is 12.0. The molecule has 0 atom stereocenters. The van der Waals surface area contributed by atoms with Crippen molar-refractivity contribution in [2.24, 2.45) is 0 Å². The molecule has 0 bridgehead atoms. The van der Waals surface area contributed by atoms with Crippen molar-refractivity contribution in [1.82, 2.24) is 15.2 Å². The lowest BCUT2D eigenvalue weighted by Gasteiger charge is -2.39. The van der Waals surface area contributed by atoms with Crippen molar-refractivity contribution in [2.45, 2.75) is 66.0 Å². The molecule has 1 aromatic heterocycles. The Morgan fingerprint density at radius 3 is 2.55 bits per heavy atom. The number of pyridine rings is 1. The summed E-state index contributed by atoms with van der Waals surface area (Å²) in [4.78, 5) is 33.4. The van der Waals surface area contributed by atoms with Gasteiger partial charge in [0.15, 0.2) is 0 Å². The number of aryl methyl sites for hydroxylation is 2. The third-order valence-corrected chi connectivity index (χ3v) is 6.90. The third kappa shape index (κ3) is 5.98. The van der Waals surface area contributed by atoms with Crippen LogP contribution in [0.1, 0.15) is 65.9 Å². The molecule has 0 saturated carbocycles. The predicted octanol–water partition coefficient (Wildman–Crippen LogP) is 4.45. The Morgan fingerprint density at radius 1 is 1.21 bits per heavy atom. The Morgan fingerprint density at radius 2 is 1.91 bits per heavy atom. The Hall–Kier alpha value is -2.31. The largest absolute Gasteiger partial charge is 0.368 e. The van der Waals surface area contributed by atoms with Gasteiger partial charge in [-0.25, -0.2) is 0 Å². The number of carbonyl (C=O) groups is 1. The van der Waals surface area contributed by atoms with Crippen molar-refractivity contribution in [1.29, 1.82) is 0 Å². The number of H-pyrrole nitrogens is 1. The van der Waals surface area contributed by atoms with Gasteiger partial charge in [-0.05, 0) is 89.5 Å². The maximum Gasteiger partial charge on any atom is 0.253 e. The quantitative estimate of drug-likeness (QED) is 0.595. The molecule has 180 valence electrons. The number of aromatic amines is 1. The summed E-state index contributed by atoms with van der Waals surface area (Å²) in [5.41, 5.74) is 4.81. The molecule has 6 nitrogen and oxygen atoms in total. The van der Waals surface area contributed by atoms with Gasteiger partial charge in [-0.1, -0.05) is 24.9 Å². The molecule has 2 N–H and O–H groups in total. The van der Waals surface area contributed by atoms with Crippen molar-refractivity contribution < 1.29 is 4.79 Å². The van der Waals surface area contributed by atoms with Gasteiger partial charge < -0.3 is 20.1 Å². The van der Waals surface area contributed by atoms with Crippen molar-refractivity contribution in [3.63, 3.8) is 0 Å². The summed E-state index contributed by atoms with van der Waals surface area (Å²) in [6, 6.07) is 6.13. The van der Waals surface area contributed by atoms with Crippen LogP contribution in [0.3, 0.4) is 0 Å². The van der Waals surface area contributed by atoms with Crippen LogP contribution in [0, 0.1) is 13.8 Å². The van der Waals surface area contributed by atoms with Gasteiger partial charge in [0.1, 0.15) is 0 Å². The zero-order valence-electron chi connectivity index (χ0n) is 20.6. The lowest BCUT2D eigenvalue weighted by molar-refractivity contribution is 0.0950. The highest BCUT2D eigenvalue weighted by Gasteiger charge is 2.25. The number of nitrogens with one attached hydrogen (secondary N) is 2. The van der Waals surface area contributed by atoms with Crippen molar-refractivity contribution in [2.75, 3.05) is 31.6 Å². The molecule has 1 amide bonds. The van der Waals surface area contributed by atoms with Crippen LogP contribution in [0.2, 0.25) is 5.02 Å². The van der Waals surface area contributed by atoms with Crippen molar-refractivity contribution in [3.8, 4) is 0 Å². The van der Waals surface area contributed by atoms with Crippen molar-refractivity contribution in [3.05, 3.63) is 61.5 Å². The second-order valence-electron chi connectivity index (χ2n) is 9.14. The monoisotopic (exact) mass is 472 g/mol. The number of aromatic nitrogens is 1. The maximum atomic E-state index is 13.2. The molecule has 0 spiro atoms. The van der Waals surface area contributed by atoms with E-state index < -0.39 is 0 Å². The first-order chi connectivity index (χ1) is 15.7. The normalized spacial score (nSPS) is 15.0. The zero-order chi connectivity index (χ0) is 24.1. The number of anilines is 1. The molecular weight excluding hydrogens is 436 g/mol. The lowest BCUT2D eigenvalue weighted by Crippen LogP contribution is -2.44. The van der Waals surface area contributed by atoms with E-state index in [2.05, 4.69) is 41.0 Å². The Kier molecular flexibility index (Phi) is 8.60. The molecule has 1 aromatic carbocycles. The fourth-order valence-electron chi connectivity index (χ4n) is 4.87. The summed E-state index contributed by atoms with van der Waals surface area (Å²) in [5.74, 6) is -0.210. The van der Waals surface area contributed by atoms with E-state index in [1.54, 1.807) is 6.07 Å². The van der Waals surface area contributed by atoms with Crippen LogP contribution < -0.4 is 15.8 Å². The van der Waals surface area contributed by atoms with E-state index in [1.807, 2.05) is 26.0 Å². The highest BCUT2D eigenvalue weighted by Crippen LogP contribution is 2.31. The second kappa shape index (κ2) is 11.2. The van der Waals surface area contributed by atoms with Crippen LogP contribution >= 0.6 is 11.6 Å². The molecule has 2 aromatic rings. The number of halogens is 1. The SMILES string of the molecule is CCCc1cc(C)[nH]c(=O)c1CNC(=O)c1cc(Cl)cc(N(CC)C2CCN(C)CC2)c1C. The highest BCUT2D eigenvalue weighted by molar-refractivity contribution is 6.31. The van der Waals surface area contributed by atoms with Gasteiger partial charge in [-0.3, -0.25) is 9.59 Å². The predicted molar refractivity (Wildman–Crippen MR) is 137 cm³/mol. The Bertz CT molecular complexity index is 1040. The highest BCUT2D eigenvalue weighted by atomic mass is 35.5. The molecule has 0 aliphatic carbocycles. The number of likely N-dealkylation sites (tertiary alicyclic amines) is 1. The maximum absolute atomic E-state index is 13.2. The van der Waals surface area contributed by atoms with Gasteiger partial charge >= 0.3 is 0 Å². The molecular formula is C26H37ClN4O2. The molecule has 0 radical (unpaired) electrons. The van der Waals surface area contributed by atoms with E-state index in [0.717, 1.165) is 67.8 Å². The van der Waals surface area contributed by atoms with Crippen LogP contribution in [-0.2, 0) is 13.0 Å². The molecule has 7 heteroatoms. The summed E-state index contributed by atoms with van der Waals surface area (Å²) >= 11 is 6.49. The minimum Gasteiger partial charge on any atom is -0.368 e. The van der Waals surface area contributed by atoms with E-state index in [0.29, 0.717) is 22.2 Å². The molecule has 1 aliphatic heterocycles. The van der Waals surface area contributed by atoms with Crippen molar-refractivity contribution >= 4 is 23.2 Å². The first-order valence-corrected chi connectivity index (χ1v) is 12.4. The van der Waals surface area contributed by atoms with E-state index in [4.69, 9.17) is 11.6 Å². The van der Waals surface area contributed by atoms with E-state index in [1.165, 1.54) is 0 Å². The van der Waals surface area contributed by atoms with E-state index in [9.17, 15) is 9.59 Å². The number of amides is 1. The number of hydrogen-bond acceptors (Lipinski definition) is 4. The molecule has 0 unspecified atom stereocenters. The first kappa shape index (κ1) is 25.3. The Balaban J connectivity index is 1.85. The van der Waals surface area contributed by atoms with Crippen LogP contribution in [0.5, 0.6) is 0 Å². The zero-order valence-corrected chi connectivity index (χ0v) is 21.3. The minimum atomic E-state index is -0.210. The second-order valence-corrected chi connectivity index (χ2v) is 9.57. The summed E-state index contributed by atoms with van der Waals surface area (Å²) in [6.45, 7) is 11.3. The average Bonchev–Trinajstić information content (AvgIpc) is 2.77. The van der Waals surface area contributed by atoms with Crippen LogP contribution in [0.25, 0.3) is 0 Å². The van der Waals surface area contributed by atoms with Gasteiger partial charge in [-0.2, -0.15) is 0 Å². The number of carbonyl (C=O) groups excluding carboxylic acids is 1. The van der Waals surface area contributed by atoms with Crippen LogP contribution in [0.15, 0.2) is 23.0 Å². The van der Waals surface area contributed by atoms with Gasteiger partial charge in [-0.15, -0.1) is 0 Å². The number of piperidine rings is 1. The van der Waals surface area contributed by atoms with Crippen LogP contribution in [-0.4, -0.2) is 48.5 Å². The van der Waals surface area contributed by atoms with E-state index in [-0.39, 0.29) is 18.0 Å². The lowest BCUT2D eigenvalue weighted by atomic mass is 9.99. The molecule has 1 saturated heterocycles. The Labute approximate surface area is 202 Å². The number of benzene rings is 1. The van der Waals surface area contributed by atoms with Gasteiger partial charge in [0.2, 0.25) is 0 Å². The minimum absolute atomic E-state index is 0.137. The number of nitrogens with zero attached hydrogens (tertiary/aromatic N) is 2.